The summed E-state index contributed by atoms with van der Waals surface area (Å²) in [5.41, 5.74) is 5.29. The summed E-state index contributed by atoms with van der Waals surface area (Å²) in [6.07, 6.45) is 12.7. The number of terminal acetylenes is 1. The molecule has 0 aliphatic heterocycles. The van der Waals surface area contributed by atoms with Gasteiger partial charge in [-0.3, -0.25) is 9.98 Å². The summed E-state index contributed by atoms with van der Waals surface area (Å²) < 4.78 is 0. The van der Waals surface area contributed by atoms with Gasteiger partial charge in [-0.1, -0.05) is 18.1 Å². The Kier molecular flexibility index (Phi) is 4.47. The van der Waals surface area contributed by atoms with Gasteiger partial charge in [-0.15, -0.1) is 6.42 Å². The third kappa shape index (κ3) is 3.21. The Labute approximate surface area is 119 Å². The highest BCUT2D eigenvalue weighted by atomic mass is 14.6. The molecule has 2 nitrogen and oxygen atoms in total. The van der Waals surface area contributed by atoms with Gasteiger partial charge in [0.2, 0.25) is 0 Å². The number of nitrogens with zero attached hydrogens (tertiary/aromatic N) is 2. The first-order valence-corrected chi connectivity index (χ1v) is 6.36. The molecule has 2 heteroatoms. The van der Waals surface area contributed by atoms with Crippen LogP contribution in [0.2, 0.25) is 0 Å². The van der Waals surface area contributed by atoms with E-state index in [0.717, 1.165) is 22.3 Å². The standard InChI is InChI=1S/C18H16N2/c1-4-15(5-8-19-3)17-11-14(2)12-18(13-17)16-6-9-20-10-7-16/h1,5-13H,2-3H3/b15-5+,19-8?. The number of aryl methyl sites for hydroxylation is 1. The topological polar surface area (TPSA) is 25.2 Å². The summed E-state index contributed by atoms with van der Waals surface area (Å²) in [6.45, 7) is 2.07. The molecule has 0 fully saturated rings. The summed E-state index contributed by atoms with van der Waals surface area (Å²) >= 11 is 0. The van der Waals surface area contributed by atoms with Crippen molar-refractivity contribution in [2.75, 3.05) is 7.05 Å². The highest BCUT2D eigenvalue weighted by Crippen LogP contribution is 2.25. The van der Waals surface area contributed by atoms with E-state index in [1.165, 1.54) is 5.56 Å². The van der Waals surface area contributed by atoms with Crippen LogP contribution in [0, 0.1) is 19.3 Å². The first kappa shape index (κ1) is 13.8. The molecule has 0 aliphatic rings. The lowest BCUT2D eigenvalue weighted by Crippen LogP contribution is -1.88. The third-order valence-corrected chi connectivity index (χ3v) is 2.95. The van der Waals surface area contributed by atoms with Gasteiger partial charge in [-0.25, -0.2) is 0 Å². The van der Waals surface area contributed by atoms with Crippen molar-refractivity contribution in [2.45, 2.75) is 6.92 Å². The molecule has 0 amide bonds. The van der Waals surface area contributed by atoms with E-state index in [1.807, 2.05) is 18.2 Å². The van der Waals surface area contributed by atoms with Gasteiger partial charge in [-0.2, -0.15) is 0 Å². The number of aromatic nitrogens is 1. The van der Waals surface area contributed by atoms with Crippen molar-refractivity contribution in [3.05, 3.63) is 59.9 Å². The number of benzene rings is 1. The second-order valence-corrected chi connectivity index (χ2v) is 4.46. The highest BCUT2D eigenvalue weighted by molar-refractivity contribution is 5.91. The fourth-order valence-electron chi connectivity index (χ4n) is 2.03. The van der Waals surface area contributed by atoms with Crippen LogP contribution in [0.3, 0.4) is 0 Å². The molecule has 1 aromatic heterocycles. The number of hydrogen-bond acceptors (Lipinski definition) is 2. The van der Waals surface area contributed by atoms with E-state index >= 15 is 0 Å². The molecule has 1 heterocycles. The Morgan fingerprint density at radius 2 is 1.95 bits per heavy atom. The largest absolute Gasteiger partial charge is 0.296 e. The summed E-state index contributed by atoms with van der Waals surface area (Å²) in [6, 6.07) is 10.3. The van der Waals surface area contributed by atoms with Crippen LogP contribution in [-0.2, 0) is 0 Å². The second-order valence-electron chi connectivity index (χ2n) is 4.46. The SMILES string of the molecule is C#C/C(=C\C=NC)c1cc(C)cc(-c2ccncc2)c1. The summed E-state index contributed by atoms with van der Waals surface area (Å²) in [5.74, 6) is 2.72. The lowest BCUT2D eigenvalue weighted by molar-refractivity contribution is 1.33. The fourth-order valence-corrected chi connectivity index (χ4v) is 2.03. The molecular weight excluding hydrogens is 244 g/mol. The molecule has 0 saturated heterocycles. The van der Waals surface area contributed by atoms with Crippen LogP contribution in [0.5, 0.6) is 0 Å². The Morgan fingerprint density at radius 1 is 1.20 bits per heavy atom. The van der Waals surface area contributed by atoms with Crippen LogP contribution in [0.25, 0.3) is 16.7 Å². The summed E-state index contributed by atoms with van der Waals surface area (Å²) in [7, 11) is 1.73. The molecule has 0 saturated carbocycles. The minimum Gasteiger partial charge on any atom is -0.296 e. The summed E-state index contributed by atoms with van der Waals surface area (Å²) in [5, 5.41) is 0. The zero-order valence-corrected chi connectivity index (χ0v) is 11.7. The molecule has 2 rings (SSSR count). The minimum absolute atomic E-state index is 0.828. The molecule has 1 aromatic carbocycles. The van der Waals surface area contributed by atoms with E-state index in [0.29, 0.717) is 0 Å². The zero-order chi connectivity index (χ0) is 14.4. The van der Waals surface area contributed by atoms with E-state index in [9.17, 15) is 0 Å². The minimum atomic E-state index is 0.828. The van der Waals surface area contributed by atoms with Crippen LogP contribution >= 0.6 is 0 Å². The molecule has 0 atom stereocenters. The smallest absolute Gasteiger partial charge is 0.0330 e. The van der Waals surface area contributed by atoms with Crippen LogP contribution in [0.4, 0.5) is 0 Å². The van der Waals surface area contributed by atoms with E-state index in [2.05, 4.69) is 41.0 Å². The number of hydrogen-bond donors (Lipinski definition) is 0. The highest BCUT2D eigenvalue weighted by Gasteiger charge is 2.04. The average Bonchev–Trinajstić information content (AvgIpc) is 2.48. The van der Waals surface area contributed by atoms with Gasteiger partial charge in [-0.05, 0) is 53.5 Å². The van der Waals surface area contributed by atoms with Crippen molar-refractivity contribution >= 4 is 11.8 Å². The molecule has 2 aromatic rings. The number of aliphatic imine (C=N–C) groups is 1. The van der Waals surface area contributed by atoms with Gasteiger partial charge < -0.3 is 0 Å². The van der Waals surface area contributed by atoms with Crippen LogP contribution in [0.15, 0.2) is 53.8 Å². The molecule has 0 aliphatic carbocycles. The maximum absolute atomic E-state index is 5.59. The van der Waals surface area contributed by atoms with E-state index in [4.69, 9.17) is 6.42 Å². The van der Waals surface area contributed by atoms with Crippen molar-refractivity contribution in [2.24, 2.45) is 4.99 Å². The monoisotopic (exact) mass is 260 g/mol. The Hall–Kier alpha value is -2.66. The quantitative estimate of drug-likeness (QED) is 0.609. The predicted octanol–water partition coefficient (Wildman–Crippen LogP) is 3.77. The maximum atomic E-state index is 5.59. The zero-order valence-electron chi connectivity index (χ0n) is 11.7. The molecule has 0 bridgehead atoms. The van der Waals surface area contributed by atoms with Gasteiger partial charge >= 0.3 is 0 Å². The normalized spacial score (nSPS) is 11.6. The Morgan fingerprint density at radius 3 is 2.60 bits per heavy atom. The molecule has 0 spiro atoms. The van der Waals surface area contributed by atoms with E-state index in [1.54, 1.807) is 25.7 Å². The lowest BCUT2D eigenvalue weighted by Gasteiger charge is -2.07. The lowest BCUT2D eigenvalue weighted by atomic mass is 9.97. The van der Waals surface area contributed by atoms with Crippen LogP contribution < -0.4 is 0 Å². The predicted molar refractivity (Wildman–Crippen MR) is 85.6 cm³/mol. The van der Waals surface area contributed by atoms with Gasteiger partial charge in [0.15, 0.2) is 0 Å². The van der Waals surface area contributed by atoms with Gasteiger partial charge in [0, 0.05) is 31.2 Å². The van der Waals surface area contributed by atoms with Crippen molar-refractivity contribution in [1.82, 2.24) is 4.98 Å². The first-order chi connectivity index (χ1) is 9.74. The Bertz CT molecular complexity index is 689. The first-order valence-electron chi connectivity index (χ1n) is 6.36. The van der Waals surface area contributed by atoms with Crippen LogP contribution in [-0.4, -0.2) is 18.2 Å². The summed E-state index contributed by atoms with van der Waals surface area (Å²) in [4.78, 5) is 7.99. The molecular formula is C18H16N2. The van der Waals surface area contributed by atoms with Crippen molar-refractivity contribution in [3.8, 4) is 23.5 Å². The van der Waals surface area contributed by atoms with Crippen molar-refractivity contribution in [1.29, 1.82) is 0 Å². The average molecular weight is 260 g/mol. The molecule has 98 valence electrons. The van der Waals surface area contributed by atoms with Crippen LogP contribution in [0.1, 0.15) is 11.1 Å². The van der Waals surface area contributed by atoms with E-state index in [-0.39, 0.29) is 0 Å². The maximum Gasteiger partial charge on any atom is 0.0330 e. The number of rotatable bonds is 3. The molecule has 20 heavy (non-hydrogen) atoms. The van der Waals surface area contributed by atoms with Crippen molar-refractivity contribution in [3.63, 3.8) is 0 Å². The second kappa shape index (κ2) is 6.49. The third-order valence-electron chi connectivity index (χ3n) is 2.95. The Balaban J connectivity index is 2.52. The van der Waals surface area contributed by atoms with Gasteiger partial charge in [0.05, 0.1) is 0 Å². The van der Waals surface area contributed by atoms with Crippen molar-refractivity contribution < 1.29 is 0 Å². The molecule has 0 N–H and O–H groups in total. The fraction of sp³-hybridized carbons (Fsp3) is 0.111. The number of pyridine rings is 1. The molecule has 0 radical (unpaired) electrons. The number of allylic oxidation sites excluding steroid dienone is 2. The van der Waals surface area contributed by atoms with Gasteiger partial charge in [0.25, 0.3) is 0 Å². The van der Waals surface area contributed by atoms with E-state index < -0.39 is 0 Å². The van der Waals surface area contributed by atoms with Gasteiger partial charge in [0.1, 0.15) is 0 Å². The molecule has 0 unspecified atom stereocenters.